The third kappa shape index (κ3) is 2.20. The fraction of sp³-hybridized carbons (Fsp3) is 0.273. The van der Waals surface area contributed by atoms with Gasteiger partial charge in [-0.15, -0.1) is 0 Å². The summed E-state index contributed by atoms with van der Waals surface area (Å²) >= 11 is 5.17. The van der Waals surface area contributed by atoms with Crippen LogP contribution in [0.25, 0.3) is 5.69 Å². The summed E-state index contributed by atoms with van der Waals surface area (Å²) in [6, 6.07) is 9.74. The monoisotopic (exact) mass is 235 g/mol. The van der Waals surface area contributed by atoms with Gasteiger partial charge < -0.3 is 5.11 Å². The third-order valence-electron chi connectivity index (χ3n) is 2.23. The number of hydrogen-bond acceptors (Lipinski definition) is 3. The van der Waals surface area contributed by atoms with Crippen molar-refractivity contribution in [3.8, 4) is 5.69 Å². The average Bonchev–Trinajstić information content (AvgIpc) is 2.60. The zero-order valence-corrected chi connectivity index (χ0v) is 9.74. The number of nitrogens with one attached hydrogen (secondary N) is 1. The Labute approximate surface area is 98.6 Å². The molecule has 4 nitrogen and oxygen atoms in total. The van der Waals surface area contributed by atoms with Crippen LogP contribution in [0.4, 0.5) is 0 Å². The summed E-state index contributed by atoms with van der Waals surface area (Å²) in [7, 11) is 0. The summed E-state index contributed by atoms with van der Waals surface area (Å²) in [5.74, 6) is 0.742. The van der Waals surface area contributed by atoms with Crippen molar-refractivity contribution in [2.24, 2.45) is 0 Å². The number of aromatic nitrogens is 3. The smallest absolute Gasteiger partial charge is 0.199 e. The molecule has 1 heterocycles. The molecular formula is C11H13N3OS. The van der Waals surface area contributed by atoms with E-state index in [0.717, 1.165) is 11.5 Å². The van der Waals surface area contributed by atoms with Gasteiger partial charge in [0.05, 0.1) is 6.10 Å². The average molecular weight is 235 g/mol. The lowest BCUT2D eigenvalue weighted by molar-refractivity contribution is 0.192. The van der Waals surface area contributed by atoms with Gasteiger partial charge in [-0.2, -0.15) is 5.10 Å². The van der Waals surface area contributed by atoms with Crippen LogP contribution < -0.4 is 0 Å². The first-order valence-electron chi connectivity index (χ1n) is 5.08. The van der Waals surface area contributed by atoms with E-state index in [1.54, 1.807) is 6.92 Å². The first-order chi connectivity index (χ1) is 7.68. The Bertz CT molecular complexity index is 516. The van der Waals surface area contributed by atoms with Crippen molar-refractivity contribution in [3.63, 3.8) is 0 Å². The van der Waals surface area contributed by atoms with Crippen molar-refractivity contribution in [1.82, 2.24) is 14.8 Å². The molecule has 0 saturated carbocycles. The highest BCUT2D eigenvalue weighted by molar-refractivity contribution is 7.71. The van der Waals surface area contributed by atoms with E-state index in [0.29, 0.717) is 11.2 Å². The fourth-order valence-electron chi connectivity index (χ4n) is 1.57. The number of hydrogen-bond donors (Lipinski definition) is 2. The maximum atomic E-state index is 9.39. The standard InChI is InChI=1S/C11H13N3OS/c1-8(15)7-10-12-13-11(16)14(10)9-5-3-2-4-6-9/h2-6,8,15H,7H2,1H3,(H,13,16)/t8-/m1/s1. The molecule has 1 aromatic heterocycles. The number of aromatic amines is 1. The second kappa shape index (κ2) is 4.59. The number of H-pyrrole nitrogens is 1. The van der Waals surface area contributed by atoms with Gasteiger partial charge in [0.2, 0.25) is 0 Å². The van der Waals surface area contributed by atoms with Gasteiger partial charge in [-0.05, 0) is 31.3 Å². The number of benzene rings is 1. The van der Waals surface area contributed by atoms with Gasteiger partial charge >= 0.3 is 0 Å². The summed E-state index contributed by atoms with van der Waals surface area (Å²) in [4.78, 5) is 0. The molecule has 1 atom stereocenters. The molecule has 16 heavy (non-hydrogen) atoms. The summed E-state index contributed by atoms with van der Waals surface area (Å²) < 4.78 is 2.38. The van der Waals surface area contributed by atoms with E-state index < -0.39 is 6.10 Å². The molecule has 2 rings (SSSR count). The van der Waals surface area contributed by atoms with Gasteiger partial charge in [0.15, 0.2) is 4.77 Å². The van der Waals surface area contributed by atoms with Crippen molar-refractivity contribution >= 4 is 12.2 Å². The molecule has 0 spiro atoms. The second-order valence-electron chi connectivity index (χ2n) is 3.67. The minimum absolute atomic E-state index is 0.437. The molecule has 2 N–H and O–H groups in total. The van der Waals surface area contributed by atoms with Gasteiger partial charge in [0.25, 0.3) is 0 Å². The van der Waals surface area contributed by atoms with Gasteiger partial charge in [0.1, 0.15) is 5.82 Å². The summed E-state index contributed by atoms with van der Waals surface area (Å²) in [6.07, 6.45) is 0.0369. The van der Waals surface area contributed by atoms with Crippen LogP contribution in [0.15, 0.2) is 30.3 Å². The van der Waals surface area contributed by atoms with Crippen LogP contribution in [0.2, 0.25) is 0 Å². The minimum Gasteiger partial charge on any atom is -0.393 e. The Morgan fingerprint density at radius 3 is 2.75 bits per heavy atom. The molecule has 0 unspecified atom stereocenters. The first-order valence-corrected chi connectivity index (χ1v) is 5.49. The predicted molar refractivity (Wildman–Crippen MR) is 64.1 cm³/mol. The highest BCUT2D eigenvalue weighted by Gasteiger charge is 2.09. The maximum Gasteiger partial charge on any atom is 0.199 e. The Kier molecular flexibility index (Phi) is 3.17. The zero-order valence-electron chi connectivity index (χ0n) is 8.92. The van der Waals surface area contributed by atoms with E-state index in [9.17, 15) is 5.11 Å². The number of para-hydroxylation sites is 1. The Balaban J connectivity index is 2.48. The molecule has 0 aliphatic rings. The molecule has 0 fully saturated rings. The van der Waals surface area contributed by atoms with E-state index in [4.69, 9.17) is 12.2 Å². The van der Waals surface area contributed by atoms with Gasteiger partial charge in [-0.1, -0.05) is 18.2 Å². The van der Waals surface area contributed by atoms with Crippen molar-refractivity contribution in [3.05, 3.63) is 40.9 Å². The first kappa shape index (κ1) is 11.0. The number of aliphatic hydroxyl groups excluding tert-OH is 1. The molecule has 2 aromatic rings. The van der Waals surface area contributed by atoms with Crippen LogP contribution in [0.1, 0.15) is 12.7 Å². The van der Waals surface area contributed by atoms with Crippen molar-refractivity contribution in [1.29, 1.82) is 0 Å². The largest absolute Gasteiger partial charge is 0.393 e. The molecule has 84 valence electrons. The SMILES string of the molecule is C[C@@H](O)Cc1n[nH]c(=S)n1-c1ccccc1. The minimum atomic E-state index is -0.437. The number of aliphatic hydroxyl groups is 1. The zero-order chi connectivity index (χ0) is 11.5. The van der Waals surface area contributed by atoms with Gasteiger partial charge in [0, 0.05) is 12.1 Å². The molecule has 0 bridgehead atoms. The van der Waals surface area contributed by atoms with Crippen LogP contribution in [0.5, 0.6) is 0 Å². The molecule has 1 aromatic carbocycles. The molecular weight excluding hydrogens is 222 g/mol. The summed E-state index contributed by atoms with van der Waals surface area (Å²) in [6.45, 7) is 1.73. The molecule has 0 aliphatic heterocycles. The van der Waals surface area contributed by atoms with Crippen LogP contribution in [0.3, 0.4) is 0 Å². The number of rotatable bonds is 3. The van der Waals surface area contributed by atoms with Crippen LogP contribution in [-0.4, -0.2) is 26.0 Å². The van der Waals surface area contributed by atoms with E-state index >= 15 is 0 Å². The maximum absolute atomic E-state index is 9.39. The molecule has 0 radical (unpaired) electrons. The van der Waals surface area contributed by atoms with Crippen LogP contribution in [0, 0.1) is 4.77 Å². The predicted octanol–water partition coefficient (Wildman–Crippen LogP) is 1.85. The van der Waals surface area contributed by atoms with Crippen LogP contribution >= 0.6 is 12.2 Å². The Hall–Kier alpha value is -1.46. The third-order valence-corrected chi connectivity index (χ3v) is 2.51. The van der Waals surface area contributed by atoms with Crippen LogP contribution in [-0.2, 0) is 6.42 Å². The van der Waals surface area contributed by atoms with Crippen molar-refractivity contribution in [2.75, 3.05) is 0 Å². The molecule has 5 heteroatoms. The van der Waals surface area contributed by atoms with Crippen molar-refractivity contribution in [2.45, 2.75) is 19.4 Å². The van der Waals surface area contributed by atoms with E-state index in [-0.39, 0.29) is 0 Å². The van der Waals surface area contributed by atoms with Gasteiger partial charge in [-0.3, -0.25) is 9.67 Å². The summed E-state index contributed by atoms with van der Waals surface area (Å²) in [5, 5.41) is 16.2. The Morgan fingerprint density at radius 1 is 1.44 bits per heavy atom. The summed E-state index contributed by atoms with van der Waals surface area (Å²) in [5.41, 5.74) is 0.955. The van der Waals surface area contributed by atoms with Crippen molar-refractivity contribution < 1.29 is 5.11 Å². The van der Waals surface area contributed by atoms with Gasteiger partial charge in [-0.25, -0.2) is 0 Å². The second-order valence-corrected chi connectivity index (χ2v) is 4.06. The molecule has 0 amide bonds. The van der Waals surface area contributed by atoms with E-state index in [2.05, 4.69) is 10.2 Å². The lowest BCUT2D eigenvalue weighted by atomic mass is 10.2. The highest BCUT2D eigenvalue weighted by Crippen LogP contribution is 2.11. The van der Waals surface area contributed by atoms with E-state index in [1.807, 2.05) is 34.9 Å². The lowest BCUT2D eigenvalue weighted by Gasteiger charge is -2.07. The topological polar surface area (TPSA) is 53.8 Å². The quantitative estimate of drug-likeness (QED) is 0.798. The lowest BCUT2D eigenvalue weighted by Crippen LogP contribution is -2.10. The van der Waals surface area contributed by atoms with E-state index in [1.165, 1.54) is 0 Å². The number of nitrogens with zero attached hydrogens (tertiary/aromatic N) is 2. The normalized spacial score (nSPS) is 12.6. The fourth-order valence-corrected chi connectivity index (χ4v) is 1.83. The molecule has 0 aliphatic carbocycles. The Morgan fingerprint density at radius 2 is 2.12 bits per heavy atom. The molecule has 0 saturated heterocycles. The highest BCUT2D eigenvalue weighted by atomic mass is 32.1.